The molecule has 0 fully saturated rings. The summed E-state index contributed by atoms with van der Waals surface area (Å²) in [4.78, 5) is 5.09. The lowest BCUT2D eigenvalue weighted by atomic mass is 10.0. The summed E-state index contributed by atoms with van der Waals surface area (Å²) in [5, 5.41) is 12.9. The van der Waals surface area contributed by atoms with E-state index < -0.39 is 0 Å². The smallest absolute Gasteiger partial charge is 0.156 e. The second kappa shape index (κ2) is 4.03. The van der Waals surface area contributed by atoms with Gasteiger partial charge in [-0.15, -0.1) is 0 Å². The van der Waals surface area contributed by atoms with Crippen molar-refractivity contribution in [2.24, 2.45) is 5.16 Å². The number of nitrogens with zero attached hydrogens (tertiary/aromatic N) is 1. The standard InChI is InChI=1S/C12H15NO2/c1-8-3-9(2)5-10(4-8)12-6-11(7-14)15-13-12/h3-5,11,14H,6-7H2,1-2H3. The van der Waals surface area contributed by atoms with Crippen molar-refractivity contribution in [1.82, 2.24) is 0 Å². The molecular weight excluding hydrogens is 190 g/mol. The van der Waals surface area contributed by atoms with Crippen LogP contribution in [-0.2, 0) is 4.84 Å². The van der Waals surface area contributed by atoms with Gasteiger partial charge in [-0.2, -0.15) is 0 Å². The number of aryl methyl sites for hydroxylation is 2. The van der Waals surface area contributed by atoms with E-state index in [0.29, 0.717) is 6.42 Å². The van der Waals surface area contributed by atoms with E-state index in [1.54, 1.807) is 0 Å². The first-order valence-corrected chi connectivity index (χ1v) is 5.11. The van der Waals surface area contributed by atoms with Gasteiger partial charge < -0.3 is 9.94 Å². The third kappa shape index (κ3) is 2.18. The molecule has 0 amide bonds. The summed E-state index contributed by atoms with van der Waals surface area (Å²) in [5.41, 5.74) is 4.48. The Morgan fingerprint density at radius 2 is 2.00 bits per heavy atom. The van der Waals surface area contributed by atoms with Crippen LogP contribution in [0.2, 0.25) is 0 Å². The van der Waals surface area contributed by atoms with Crippen molar-refractivity contribution in [3.05, 3.63) is 34.9 Å². The fourth-order valence-electron chi connectivity index (χ4n) is 1.84. The summed E-state index contributed by atoms with van der Waals surface area (Å²) in [6.07, 6.45) is 0.528. The molecule has 0 radical (unpaired) electrons. The second-order valence-electron chi connectivity index (χ2n) is 4.03. The summed E-state index contributed by atoms with van der Waals surface area (Å²) in [7, 11) is 0. The fourth-order valence-corrected chi connectivity index (χ4v) is 1.84. The summed E-state index contributed by atoms with van der Waals surface area (Å²) in [6.45, 7) is 4.16. The highest BCUT2D eigenvalue weighted by Crippen LogP contribution is 2.18. The van der Waals surface area contributed by atoms with Gasteiger partial charge in [-0.05, 0) is 19.4 Å². The van der Waals surface area contributed by atoms with Crippen LogP contribution in [0.15, 0.2) is 23.4 Å². The fraction of sp³-hybridized carbons (Fsp3) is 0.417. The Hall–Kier alpha value is -1.35. The van der Waals surface area contributed by atoms with Crippen molar-refractivity contribution in [3.63, 3.8) is 0 Å². The van der Waals surface area contributed by atoms with Crippen molar-refractivity contribution >= 4 is 5.71 Å². The topological polar surface area (TPSA) is 41.8 Å². The molecular formula is C12H15NO2. The van der Waals surface area contributed by atoms with Gasteiger partial charge in [-0.3, -0.25) is 0 Å². The minimum Gasteiger partial charge on any atom is -0.392 e. The van der Waals surface area contributed by atoms with E-state index in [1.165, 1.54) is 11.1 Å². The Morgan fingerprint density at radius 1 is 1.33 bits per heavy atom. The van der Waals surface area contributed by atoms with Crippen LogP contribution in [0.1, 0.15) is 23.1 Å². The number of oxime groups is 1. The Morgan fingerprint density at radius 3 is 2.53 bits per heavy atom. The molecule has 1 atom stereocenters. The zero-order chi connectivity index (χ0) is 10.8. The number of benzene rings is 1. The van der Waals surface area contributed by atoms with Crippen LogP contribution >= 0.6 is 0 Å². The van der Waals surface area contributed by atoms with E-state index in [-0.39, 0.29) is 12.7 Å². The molecule has 1 aliphatic rings. The van der Waals surface area contributed by atoms with Crippen LogP contribution in [0.5, 0.6) is 0 Å². The highest BCUT2D eigenvalue weighted by Gasteiger charge is 2.21. The van der Waals surface area contributed by atoms with Gasteiger partial charge in [-0.1, -0.05) is 34.5 Å². The zero-order valence-electron chi connectivity index (χ0n) is 9.03. The minimum absolute atomic E-state index is 0.0256. The van der Waals surface area contributed by atoms with E-state index in [0.717, 1.165) is 11.3 Å². The summed E-state index contributed by atoms with van der Waals surface area (Å²) >= 11 is 0. The quantitative estimate of drug-likeness (QED) is 0.799. The predicted octanol–water partition coefficient (Wildman–Crippen LogP) is 1.79. The molecule has 1 aromatic carbocycles. The molecule has 0 aliphatic carbocycles. The normalized spacial score (nSPS) is 19.9. The summed E-state index contributed by atoms with van der Waals surface area (Å²) in [5.74, 6) is 0. The van der Waals surface area contributed by atoms with Crippen molar-refractivity contribution in [2.45, 2.75) is 26.4 Å². The predicted molar refractivity (Wildman–Crippen MR) is 59.0 cm³/mol. The minimum atomic E-state index is -0.166. The van der Waals surface area contributed by atoms with Crippen LogP contribution in [0, 0.1) is 13.8 Å². The van der Waals surface area contributed by atoms with Gasteiger partial charge in [0.25, 0.3) is 0 Å². The second-order valence-corrected chi connectivity index (χ2v) is 4.03. The zero-order valence-corrected chi connectivity index (χ0v) is 9.03. The molecule has 3 nitrogen and oxygen atoms in total. The molecule has 15 heavy (non-hydrogen) atoms. The molecule has 0 spiro atoms. The Bertz CT molecular complexity index is 378. The van der Waals surface area contributed by atoms with Crippen molar-refractivity contribution in [3.8, 4) is 0 Å². The Labute approximate surface area is 89.4 Å². The lowest BCUT2D eigenvalue weighted by molar-refractivity contribution is 0.0390. The van der Waals surface area contributed by atoms with Crippen molar-refractivity contribution in [1.29, 1.82) is 0 Å². The highest BCUT2D eigenvalue weighted by atomic mass is 16.6. The summed E-state index contributed by atoms with van der Waals surface area (Å²) < 4.78 is 0. The molecule has 1 unspecified atom stereocenters. The van der Waals surface area contributed by atoms with Crippen LogP contribution < -0.4 is 0 Å². The molecule has 0 bridgehead atoms. The van der Waals surface area contributed by atoms with Gasteiger partial charge in [0, 0.05) is 6.42 Å². The molecule has 2 rings (SSSR count). The maximum Gasteiger partial charge on any atom is 0.156 e. The van der Waals surface area contributed by atoms with Crippen LogP contribution in [0.3, 0.4) is 0 Å². The molecule has 0 aromatic heterocycles. The van der Waals surface area contributed by atoms with Crippen LogP contribution in [0.25, 0.3) is 0 Å². The van der Waals surface area contributed by atoms with Crippen molar-refractivity contribution < 1.29 is 9.94 Å². The molecule has 3 heteroatoms. The maximum absolute atomic E-state index is 8.94. The number of hydrogen-bond acceptors (Lipinski definition) is 3. The van der Waals surface area contributed by atoms with Gasteiger partial charge in [0.1, 0.15) is 0 Å². The first-order chi connectivity index (χ1) is 7.19. The average molecular weight is 205 g/mol. The maximum atomic E-state index is 8.94. The highest BCUT2D eigenvalue weighted by molar-refractivity contribution is 6.01. The van der Waals surface area contributed by atoms with Gasteiger partial charge in [0.2, 0.25) is 0 Å². The monoisotopic (exact) mass is 205 g/mol. The van der Waals surface area contributed by atoms with E-state index >= 15 is 0 Å². The van der Waals surface area contributed by atoms with E-state index in [4.69, 9.17) is 9.94 Å². The molecule has 0 saturated carbocycles. The van der Waals surface area contributed by atoms with Gasteiger partial charge in [0.15, 0.2) is 6.10 Å². The number of hydrogen-bond donors (Lipinski definition) is 1. The van der Waals surface area contributed by atoms with E-state index in [1.807, 2.05) is 0 Å². The SMILES string of the molecule is Cc1cc(C)cc(C2=NOC(CO)C2)c1. The molecule has 1 N–H and O–H groups in total. The lowest BCUT2D eigenvalue weighted by Crippen LogP contribution is -2.12. The average Bonchev–Trinajstić information content (AvgIpc) is 2.64. The molecule has 1 aromatic rings. The third-order valence-corrected chi connectivity index (χ3v) is 2.49. The summed E-state index contributed by atoms with van der Waals surface area (Å²) in [6, 6.07) is 6.31. The van der Waals surface area contributed by atoms with E-state index in [9.17, 15) is 0 Å². The molecule has 1 aliphatic heterocycles. The Balaban J connectivity index is 2.24. The lowest BCUT2D eigenvalue weighted by Gasteiger charge is -2.04. The van der Waals surface area contributed by atoms with Gasteiger partial charge in [-0.25, -0.2) is 0 Å². The van der Waals surface area contributed by atoms with Crippen LogP contribution in [0.4, 0.5) is 0 Å². The van der Waals surface area contributed by atoms with Gasteiger partial charge >= 0.3 is 0 Å². The Kier molecular flexibility index (Phi) is 2.73. The van der Waals surface area contributed by atoms with Crippen molar-refractivity contribution in [2.75, 3.05) is 6.61 Å². The largest absolute Gasteiger partial charge is 0.392 e. The van der Waals surface area contributed by atoms with Crippen LogP contribution in [-0.4, -0.2) is 23.5 Å². The molecule has 80 valence electrons. The number of rotatable bonds is 2. The molecule has 1 heterocycles. The first-order valence-electron chi connectivity index (χ1n) is 5.11. The van der Waals surface area contributed by atoms with E-state index in [2.05, 4.69) is 37.2 Å². The van der Waals surface area contributed by atoms with Gasteiger partial charge in [0.05, 0.1) is 12.3 Å². The number of aliphatic hydroxyl groups excluding tert-OH is 1. The first kappa shape index (κ1) is 10.2. The number of aliphatic hydroxyl groups is 1. The molecule has 0 saturated heterocycles. The third-order valence-electron chi connectivity index (χ3n) is 2.49.